The fraction of sp³-hybridized carbons (Fsp3) is 0.200. The van der Waals surface area contributed by atoms with Crippen LogP contribution in [-0.4, -0.2) is 20.9 Å². The van der Waals surface area contributed by atoms with E-state index in [1.54, 1.807) is 23.9 Å². The van der Waals surface area contributed by atoms with Gasteiger partial charge in [-0.15, -0.1) is 0 Å². The molecule has 0 fully saturated rings. The SMILES string of the molecule is Cc1cc2c(cnn2C)cc1C(=O)O. The summed E-state index contributed by atoms with van der Waals surface area (Å²) in [5, 5.41) is 13.8. The molecule has 0 amide bonds. The lowest BCUT2D eigenvalue weighted by Crippen LogP contribution is -1.99. The molecule has 0 aliphatic heterocycles. The number of hydrogen-bond donors (Lipinski definition) is 1. The van der Waals surface area contributed by atoms with Crippen molar-refractivity contribution in [3.8, 4) is 0 Å². The Morgan fingerprint density at radius 1 is 1.50 bits per heavy atom. The van der Waals surface area contributed by atoms with Crippen LogP contribution in [0.5, 0.6) is 0 Å². The van der Waals surface area contributed by atoms with E-state index in [9.17, 15) is 4.79 Å². The minimum Gasteiger partial charge on any atom is -0.478 e. The summed E-state index contributed by atoms with van der Waals surface area (Å²) in [7, 11) is 1.84. The number of rotatable bonds is 1. The number of aryl methyl sites for hydroxylation is 2. The summed E-state index contributed by atoms with van der Waals surface area (Å²) in [5.74, 6) is -0.895. The molecular formula is C10H10N2O2. The van der Waals surface area contributed by atoms with E-state index >= 15 is 0 Å². The molecule has 4 heteroatoms. The molecule has 0 radical (unpaired) electrons. The van der Waals surface area contributed by atoms with Gasteiger partial charge in [-0.25, -0.2) is 4.79 Å². The number of benzene rings is 1. The van der Waals surface area contributed by atoms with Crippen LogP contribution in [0.4, 0.5) is 0 Å². The molecule has 4 nitrogen and oxygen atoms in total. The maximum Gasteiger partial charge on any atom is 0.335 e. The van der Waals surface area contributed by atoms with Crippen molar-refractivity contribution in [3.05, 3.63) is 29.5 Å². The van der Waals surface area contributed by atoms with Gasteiger partial charge in [0.05, 0.1) is 17.3 Å². The van der Waals surface area contributed by atoms with Gasteiger partial charge in [0, 0.05) is 12.4 Å². The van der Waals surface area contributed by atoms with Crippen LogP contribution in [0.25, 0.3) is 10.9 Å². The summed E-state index contributed by atoms with van der Waals surface area (Å²) in [6, 6.07) is 3.49. The van der Waals surface area contributed by atoms with Gasteiger partial charge >= 0.3 is 5.97 Å². The van der Waals surface area contributed by atoms with E-state index in [4.69, 9.17) is 5.11 Å². The lowest BCUT2D eigenvalue weighted by atomic mass is 10.1. The predicted molar refractivity (Wildman–Crippen MR) is 52.4 cm³/mol. The molecular weight excluding hydrogens is 180 g/mol. The monoisotopic (exact) mass is 190 g/mol. The smallest absolute Gasteiger partial charge is 0.335 e. The number of aromatic nitrogens is 2. The van der Waals surface area contributed by atoms with Gasteiger partial charge in [-0.1, -0.05) is 0 Å². The van der Waals surface area contributed by atoms with E-state index in [0.29, 0.717) is 5.56 Å². The highest BCUT2D eigenvalue weighted by molar-refractivity contribution is 5.95. The zero-order valence-electron chi connectivity index (χ0n) is 7.98. The molecule has 2 aromatic rings. The van der Waals surface area contributed by atoms with E-state index in [2.05, 4.69) is 5.10 Å². The first-order chi connectivity index (χ1) is 6.59. The van der Waals surface area contributed by atoms with E-state index < -0.39 is 5.97 Å². The van der Waals surface area contributed by atoms with Crippen LogP contribution in [0.3, 0.4) is 0 Å². The van der Waals surface area contributed by atoms with Gasteiger partial charge in [-0.3, -0.25) is 4.68 Å². The van der Waals surface area contributed by atoms with Crippen molar-refractivity contribution in [1.29, 1.82) is 0 Å². The largest absolute Gasteiger partial charge is 0.478 e. The highest BCUT2D eigenvalue weighted by Crippen LogP contribution is 2.18. The molecule has 1 heterocycles. The predicted octanol–water partition coefficient (Wildman–Crippen LogP) is 1.58. The van der Waals surface area contributed by atoms with Crippen molar-refractivity contribution in [2.24, 2.45) is 7.05 Å². The Morgan fingerprint density at radius 2 is 2.21 bits per heavy atom. The molecule has 1 aromatic carbocycles. The summed E-state index contributed by atoms with van der Waals surface area (Å²) >= 11 is 0. The first-order valence-corrected chi connectivity index (χ1v) is 4.25. The second-order valence-electron chi connectivity index (χ2n) is 3.30. The summed E-state index contributed by atoms with van der Waals surface area (Å²) in [5.41, 5.74) is 2.05. The minimum absolute atomic E-state index is 0.338. The van der Waals surface area contributed by atoms with Crippen molar-refractivity contribution in [2.45, 2.75) is 6.92 Å². The molecule has 72 valence electrons. The van der Waals surface area contributed by atoms with Gasteiger partial charge in [0.15, 0.2) is 0 Å². The van der Waals surface area contributed by atoms with E-state index in [0.717, 1.165) is 16.5 Å². The van der Waals surface area contributed by atoms with Crippen LogP contribution < -0.4 is 0 Å². The molecule has 2 rings (SSSR count). The standard InChI is InChI=1S/C10H10N2O2/c1-6-3-9-7(5-11-12(9)2)4-8(6)10(13)14/h3-5H,1-2H3,(H,13,14). The summed E-state index contributed by atoms with van der Waals surface area (Å²) in [4.78, 5) is 10.8. The Kier molecular flexibility index (Phi) is 1.77. The number of fused-ring (bicyclic) bond motifs is 1. The summed E-state index contributed by atoms with van der Waals surface area (Å²) in [6.07, 6.45) is 1.67. The second kappa shape index (κ2) is 2.83. The third-order valence-electron chi connectivity index (χ3n) is 2.32. The Balaban J connectivity index is 2.79. The van der Waals surface area contributed by atoms with E-state index in [1.807, 2.05) is 13.1 Å². The quantitative estimate of drug-likeness (QED) is 0.742. The molecule has 14 heavy (non-hydrogen) atoms. The van der Waals surface area contributed by atoms with Crippen LogP contribution in [0.1, 0.15) is 15.9 Å². The normalized spacial score (nSPS) is 10.7. The van der Waals surface area contributed by atoms with E-state index in [1.165, 1.54) is 0 Å². The third kappa shape index (κ3) is 1.16. The molecule has 0 aliphatic carbocycles. The van der Waals surface area contributed by atoms with Crippen molar-refractivity contribution >= 4 is 16.9 Å². The Hall–Kier alpha value is -1.84. The molecule has 0 bridgehead atoms. The summed E-state index contributed by atoms with van der Waals surface area (Å²) in [6.45, 7) is 1.79. The van der Waals surface area contributed by atoms with Gasteiger partial charge in [0.2, 0.25) is 0 Å². The molecule has 1 N–H and O–H groups in total. The number of carboxylic acids is 1. The van der Waals surface area contributed by atoms with Crippen LogP contribution >= 0.6 is 0 Å². The second-order valence-corrected chi connectivity index (χ2v) is 3.30. The first-order valence-electron chi connectivity index (χ1n) is 4.25. The molecule has 0 unspecified atom stereocenters. The molecule has 0 atom stereocenters. The third-order valence-corrected chi connectivity index (χ3v) is 2.32. The molecule has 1 aromatic heterocycles. The maximum absolute atomic E-state index is 10.8. The van der Waals surface area contributed by atoms with Crippen molar-refractivity contribution in [3.63, 3.8) is 0 Å². The van der Waals surface area contributed by atoms with Crippen molar-refractivity contribution < 1.29 is 9.90 Å². The van der Waals surface area contributed by atoms with Gasteiger partial charge in [0.25, 0.3) is 0 Å². The number of carboxylic acid groups (broad SMARTS) is 1. The van der Waals surface area contributed by atoms with Crippen molar-refractivity contribution in [1.82, 2.24) is 9.78 Å². The zero-order chi connectivity index (χ0) is 10.3. The summed E-state index contributed by atoms with van der Waals surface area (Å²) < 4.78 is 1.73. The van der Waals surface area contributed by atoms with Crippen LogP contribution in [0.15, 0.2) is 18.3 Å². The fourth-order valence-corrected chi connectivity index (χ4v) is 1.53. The number of aromatic carboxylic acids is 1. The average molecular weight is 190 g/mol. The lowest BCUT2D eigenvalue weighted by molar-refractivity contribution is 0.0696. The van der Waals surface area contributed by atoms with Gasteiger partial charge in [-0.05, 0) is 24.6 Å². The number of hydrogen-bond acceptors (Lipinski definition) is 2. The average Bonchev–Trinajstić information content (AvgIpc) is 2.46. The maximum atomic E-state index is 10.8. The Morgan fingerprint density at radius 3 is 2.86 bits per heavy atom. The molecule has 0 saturated heterocycles. The highest BCUT2D eigenvalue weighted by Gasteiger charge is 2.09. The van der Waals surface area contributed by atoms with Gasteiger partial charge in [-0.2, -0.15) is 5.10 Å². The van der Waals surface area contributed by atoms with Crippen LogP contribution in [0.2, 0.25) is 0 Å². The molecule has 0 aliphatic rings. The first kappa shape index (κ1) is 8.74. The van der Waals surface area contributed by atoms with E-state index in [-0.39, 0.29) is 0 Å². The van der Waals surface area contributed by atoms with Crippen LogP contribution in [-0.2, 0) is 7.05 Å². The number of nitrogens with zero attached hydrogens (tertiary/aromatic N) is 2. The Bertz CT molecular complexity index is 514. The highest BCUT2D eigenvalue weighted by atomic mass is 16.4. The van der Waals surface area contributed by atoms with Crippen LogP contribution in [0, 0.1) is 6.92 Å². The zero-order valence-corrected chi connectivity index (χ0v) is 7.98. The van der Waals surface area contributed by atoms with Crippen molar-refractivity contribution in [2.75, 3.05) is 0 Å². The minimum atomic E-state index is -0.895. The molecule has 0 saturated carbocycles. The molecule has 0 spiro atoms. The lowest BCUT2D eigenvalue weighted by Gasteiger charge is -2.01. The topological polar surface area (TPSA) is 55.1 Å². The Labute approximate surface area is 80.8 Å². The number of carbonyl (C=O) groups is 1. The van der Waals surface area contributed by atoms with Gasteiger partial charge < -0.3 is 5.11 Å². The van der Waals surface area contributed by atoms with Gasteiger partial charge in [0.1, 0.15) is 0 Å². The fourth-order valence-electron chi connectivity index (χ4n) is 1.53.